The van der Waals surface area contributed by atoms with Crippen molar-refractivity contribution in [3.05, 3.63) is 22.2 Å². The number of rotatable bonds is 4. The molecule has 4 nitrogen and oxygen atoms in total. The summed E-state index contributed by atoms with van der Waals surface area (Å²) < 4.78 is 12.0. The van der Waals surface area contributed by atoms with E-state index in [9.17, 15) is 0 Å². The van der Waals surface area contributed by atoms with Crippen molar-refractivity contribution in [2.24, 2.45) is 5.73 Å². The molecular formula is C13H15BrN2O2. The van der Waals surface area contributed by atoms with Crippen molar-refractivity contribution in [3.8, 4) is 23.8 Å². The quantitative estimate of drug-likeness (QED) is 0.826. The monoisotopic (exact) mass is 310 g/mol. The summed E-state index contributed by atoms with van der Waals surface area (Å²) in [5, 5.41) is 3.19. The topological polar surface area (TPSA) is 56.5 Å². The molecule has 3 N–H and O–H groups in total. The van der Waals surface area contributed by atoms with Gasteiger partial charge in [0.25, 0.3) is 0 Å². The van der Waals surface area contributed by atoms with Gasteiger partial charge in [-0.05, 0) is 33.6 Å². The Balaban J connectivity index is 2.28. The Bertz CT molecular complexity index is 471. The number of halogens is 1. The number of hydrogen-bond acceptors (Lipinski definition) is 4. The lowest BCUT2D eigenvalue weighted by Crippen LogP contribution is -2.28. The smallest absolute Gasteiger partial charge is 0.175 e. The highest BCUT2D eigenvalue weighted by molar-refractivity contribution is 9.10. The first kappa shape index (κ1) is 13.2. The molecule has 0 aliphatic carbocycles. The summed E-state index contributed by atoms with van der Waals surface area (Å²) in [5.74, 6) is 4.03. The molecule has 0 bridgehead atoms. The minimum atomic E-state index is 0.00757. The van der Waals surface area contributed by atoms with Crippen molar-refractivity contribution in [1.29, 1.82) is 0 Å². The van der Waals surface area contributed by atoms with Crippen LogP contribution in [0, 0.1) is 12.3 Å². The van der Waals surface area contributed by atoms with Gasteiger partial charge in [0.05, 0.1) is 11.0 Å². The fourth-order valence-corrected chi connectivity index (χ4v) is 2.43. The number of fused-ring (bicyclic) bond motifs is 1. The molecule has 1 atom stereocenters. The second-order valence-corrected chi connectivity index (χ2v) is 4.75. The van der Waals surface area contributed by atoms with Gasteiger partial charge >= 0.3 is 0 Å². The first-order valence-electron chi connectivity index (χ1n) is 5.72. The van der Waals surface area contributed by atoms with Crippen LogP contribution in [0.2, 0.25) is 0 Å². The lowest BCUT2D eigenvalue weighted by molar-refractivity contribution is 0.170. The van der Waals surface area contributed by atoms with Crippen LogP contribution in [0.15, 0.2) is 16.6 Å². The van der Waals surface area contributed by atoms with Gasteiger partial charge in [-0.25, -0.2) is 0 Å². The Kier molecular flexibility index (Phi) is 4.48. The molecule has 18 heavy (non-hydrogen) atoms. The van der Waals surface area contributed by atoms with Gasteiger partial charge in [-0.15, -0.1) is 6.42 Å². The summed E-state index contributed by atoms with van der Waals surface area (Å²) >= 11 is 3.48. The first-order chi connectivity index (χ1) is 8.76. The molecule has 0 aromatic heterocycles. The summed E-state index contributed by atoms with van der Waals surface area (Å²) in [6.45, 7) is 2.08. The van der Waals surface area contributed by atoms with E-state index in [0.29, 0.717) is 26.3 Å². The molecule has 1 aliphatic heterocycles. The number of benzene rings is 1. The molecule has 96 valence electrons. The summed E-state index contributed by atoms with van der Waals surface area (Å²) in [7, 11) is 0. The van der Waals surface area contributed by atoms with Crippen LogP contribution >= 0.6 is 15.9 Å². The maximum Gasteiger partial charge on any atom is 0.175 e. The summed E-state index contributed by atoms with van der Waals surface area (Å²) in [6.07, 6.45) is 5.24. The van der Waals surface area contributed by atoms with Crippen LogP contribution in [0.4, 0.5) is 0 Å². The maximum atomic E-state index is 5.75. The lowest BCUT2D eigenvalue weighted by atomic mass is 10.1. The van der Waals surface area contributed by atoms with E-state index in [1.807, 2.05) is 12.1 Å². The largest absolute Gasteiger partial charge is 0.486 e. The van der Waals surface area contributed by atoms with E-state index in [2.05, 4.69) is 27.2 Å². The first-order valence-corrected chi connectivity index (χ1v) is 6.51. The fraction of sp³-hybridized carbons (Fsp3) is 0.385. The zero-order valence-electron chi connectivity index (χ0n) is 9.91. The van der Waals surface area contributed by atoms with Crippen LogP contribution in [0.25, 0.3) is 0 Å². The normalized spacial score (nSPS) is 14.9. The van der Waals surface area contributed by atoms with Gasteiger partial charge in [0.1, 0.15) is 13.2 Å². The standard InChI is InChI=1S/C13H15BrN2O2/c1-2-3-16-11(8-15)9-6-10(14)13-12(7-9)17-4-5-18-13/h1,6-7,11,16H,3-5,8,15H2. The molecule has 0 saturated heterocycles. The second kappa shape index (κ2) is 6.10. The van der Waals surface area contributed by atoms with E-state index in [4.69, 9.17) is 21.6 Å². The maximum absolute atomic E-state index is 5.75. The van der Waals surface area contributed by atoms with Gasteiger partial charge in [0.2, 0.25) is 0 Å². The summed E-state index contributed by atoms with van der Waals surface area (Å²) in [6, 6.07) is 3.93. The van der Waals surface area contributed by atoms with E-state index < -0.39 is 0 Å². The minimum Gasteiger partial charge on any atom is -0.486 e. The molecule has 1 heterocycles. The molecule has 0 radical (unpaired) electrons. The minimum absolute atomic E-state index is 0.00757. The van der Waals surface area contributed by atoms with E-state index in [-0.39, 0.29) is 6.04 Å². The van der Waals surface area contributed by atoms with Crippen LogP contribution in [0.1, 0.15) is 11.6 Å². The van der Waals surface area contributed by atoms with Gasteiger partial charge in [-0.3, -0.25) is 5.32 Å². The Morgan fingerprint density at radius 1 is 1.44 bits per heavy atom. The summed E-state index contributed by atoms with van der Waals surface area (Å²) in [5.41, 5.74) is 6.78. The van der Waals surface area contributed by atoms with Crippen molar-refractivity contribution in [3.63, 3.8) is 0 Å². The van der Waals surface area contributed by atoms with Crippen molar-refractivity contribution >= 4 is 15.9 Å². The van der Waals surface area contributed by atoms with E-state index in [0.717, 1.165) is 21.5 Å². The summed E-state index contributed by atoms with van der Waals surface area (Å²) in [4.78, 5) is 0. The molecule has 5 heteroatoms. The van der Waals surface area contributed by atoms with Gasteiger partial charge in [0.15, 0.2) is 11.5 Å². The van der Waals surface area contributed by atoms with Crippen molar-refractivity contribution < 1.29 is 9.47 Å². The van der Waals surface area contributed by atoms with Crippen molar-refractivity contribution in [1.82, 2.24) is 5.32 Å². The predicted octanol–water partition coefficient (Wildman–Crippen LogP) is 1.44. The molecule has 0 amide bonds. The SMILES string of the molecule is C#CCNC(CN)c1cc(Br)c2c(c1)OCCO2. The second-order valence-electron chi connectivity index (χ2n) is 3.90. The van der Waals surface area contributed by atoms with E-state index in [1.54, 1.807) is 0 Å². The highest BCUT2D eigenvalue weighted by atomic mass is 79.9. The number of nitrogens with two attached hydrogens (primary N) is 1. The number of ether oxygens (including phenoxy) is 2. The Hall–Kier alpha value is -1.22. The highest BCUT2D eigenvalue weighted by Crippen LogP contribution is 2.39. The van der Waals surface area contributed by atoms with Gasteiger partial charge in [0, 0.05) is 12.6 Å². The van der Waals surface area contributed by atoms with Crippen LogP contribution in [0.3, 0.4) is 0 Å². The zero-order chi connectivity index (χ0) is 13.0. The van der Waals surface area contributed by atoms with Gasteiger partial charge < -0.3 is 15.2 Å². The van der Waals surface area contributed by atoms with Crippen LogP contribution < -0.4 is 20.5 Å². The molecule has 0 spiro atoms. The average molecular weight is 311 g/mol. The van der Waals surface area contributed by atoms with Gasteiger partial charge in [-0.1, -0.05) is 5.92 Å². The van der Waals surface area contributed by atoms with Gasteiger partial charge in [-0.2, -0.15) is 0 Å². The third-order valence-electron chi connectivity index (χ3n) is 2.71. The third-order valence-corrected chi connectivity index (χ3v) is 3.30. The van der Waals surface area contributed by atoms with Crippen molar-refractivity contribution in [2.75, 3.05) is 26.3 Å². The fourth-order valence-electron chi connectivity index (χ4n) is 1.85. The van der Waals surface area contributed by atoms with Crippen LogP contribution in [-0.4, -0.2) is 26.3 Å². The predicted molar refractivity (Wildman–Crippen MR) is 73.8 cm³/mol. The Labute approximate surface area is 115 Å². The van der Waals surface area contributed by atoms with Crippen LogP contribution in [0.5, 0.6) is 11.5 Å². The number of nitrogens with one attached hydrogen (secondary N) is 1. The molecule has 0 saturated carbocycles. The average Bonchev–Trinajstić information content (AvgIpc) is 2.40. The highest BCUT2D eigenvalue weighted by Gasteiger charge is 2.19. The Morgan fingerprint density at radius 2 is 2.22 bits per heavy atom. The Morgan fingerprint density at radius 3 is 2.94 bits per heavy atom. The molecule has 1 aromatic carbocycles. The van der Waals surface area contributed by atoms with Crippen molar-refractivity contribution in [2.45, 2.75) is 6.04 Å². The molecule has 1 aliphatic rings. The number of terminal acetylenes is 1. The molecule has 2 rings (SSSR count). The molecular weight excluding hydrogens is 296 g/mol. The molecule has 0 fully saturated rings. The molecule has 1 aromatic rings. The van der Waals surface area contributed by atoms with E-state index >= 15 is 0 Å². The lowest BCUT2D eigenvalue weighted by Gasteiger charge is -2.23. The third kappa shape index (κ3) is 2.78. The van der Waals surface area contributed by atoms with E-state index in [1.165, 1.54) is 0 Å². The molecule has 1 unspecified atom stereocenters. The number of hydrogen-bond donors (Lipinski definition) is 2. The zero-order valence-corrected chi connectivity index (χ0v) is 11.5. The van der Waals surface area contributed by atoms with Crippen LogP contribution in [-0.2, 0) is 0 Å².